The van der Waals surface area contributed by atoms with Gasteiger partial charge >= 0.3 is 0 Å². The second-order valence-electron chi connectivity index (χ2n) is 7.34. The van der Waals surface area contributed by atoms with E-state index in [1.165, 1.54) is 5.56 Å². The third-order valence-electron chi connectivity index (χ3n) is 5.19. The molecule has 2 aliphatic heterocycles. The maximum atomic E-state index is 10.5. The van der Waals surface area contributed by atoms with Crippen molar-refractivity contribution in [3.63, 3.8) is 0 Å². The van der Waals surface area contributed by atoms with E-state index in [0.717, 1.165) is 42.2 Å². The molecule has 2 aromatic rings. The molecular weight excluding hydrogens is 342 g/mol. The van der Waals surface area contributed by atoms with Crippen molar-refractivity contribution in [2.75, 3.05) is 32.9 Å². The molecule has 2 aromatic carbocycles. The zero-order chi connectivity index (χ0) is 18.6. The van der Waals surface area contributed by atoms with Crippen LogP contribution in [0.5, 0.6) is 17.2 Å². The molecule has 0 aromatic heterocycles. The summed E-state index contributed by atoms with van der Waals surface area (Å²) in [5, 5.41) is 10.5. The van der Waals surface area contributed by atoms with Crippen molar-refractivity contribution in [2.45, 2.75) is 31.9 Å². The molecule has 27 heavy (non-hydrogen) atoms. The first-order valence-electron chi connectivity index (χ1n) is 9.70. The predicted molar refractivity (Wildman–Crippen MR) is 104 cm³/mol. The van der Waals surface area contributed by atoms with Crippen LogP contribution in [0.15, 0.2) is 42.5 Å². The number of hydrogen-bond acceptors (Lipinski definition) is 5. The van der Waals surface area contributed by atoms with E-state index in [-0.39, 0.29) is 0 Å². The number of nitrogens with zero attached hydrogens (tertiary/aromatic N) is 1. The molecule has 0 amide bonds. The van der Waals surface area contributed by atoms with Crippen molar-refractivity contribution in [1.29, 1.82) is 0 Å². The Morgan fingerprint density at radius 3 is 2.85 bits per heavy atom. The van der Waals surface area contributed by atoms with Gasteiger partial charge in [-0.05, 0) is 61.7 Å². The maximum absolute atomic E-state index is 10.5. The van der Waals surface area contributed by atoms with Gasteiger partial charge in [-0.25, -0.2) is 0 Å². The zero-order valence-corrected chi connectivity index (χ0v) is 15.8. The summed E-state index contributed by atoms with van der Waals surface area (Å²) >= 11 is 0. The molecule has 1 fully saturated rings. The number of aliphatic hydroxyl groups excluding tert-OH is 1. The van der Waals surface area contributed by atoms with Gasteiger partial charge in [0.2, 0.25) is 0 Å². The van der Waals surface area contributed by atoms with E-state index >= 15 is 0 Å². The van der Waals surface area contributed by atoms with Crippen molar-refractivity contribution in [2.24, 2.45) is 0 Å². The Balaban J connectivity index is 1.36. The number of ether oxygens (including phenoxy) is 3. The minimum Gasteiger partial charge on any atom is -0.491 e. The molecule has 0 radical (unpaired) electrons. The van der Waals surface area contributed by atoms with Gasteiger partial charge in [0.25, 0.3) is 0 Å². The van der Waals surface area contributed by atoms with Crippen molar-refractivity contribution in [1.82, 2.24) is 4.90 Å². The van der Waals surface area contributed by atoms with Gasteiger partial charge in [-0.3, -0.25) is 4.90 Å². The highest BCUT2D eigenvalue weighted by Gasteiger charge is 2.28. The number of aryl methyl sites for hydroxylation is 1. The topological polar surface area (TPSA) is 51.2 Å². The Morgan fingerprint density at radius 1 is 1.15 bits per heavy atom. The van der Waals surface area contributed by atoms with Crippen LogP contribution in [0.25, 0.3) is 0 Å². The molecule has 2 atom stereocenters. The second-order valence-corrected chi connectivity index (χ2v) is 7.34. The standard InChI is InChI=1S/C22H27NO4/c1-16-4-2-5-19(12-16)27-15-18(24)14-23-9-3-6-20(23)17-7-8-21-22(13-17)26-11-10-25-21/h2,4-5,7-8,12-13,18,20,24H,3,6,9-11,14-15H2,1H3. The lowest BCUT2D eigenvalue weighted by molar-refractivity contribution is 0.0637. The molecule has 2 heterocycles. The highest BCUT2D eigenvalue weighted by Crippen LogP contribution is 2.38. The molecule has 1 saturated heterocycles. The second kappa shape index (κ2) is 8.19. The Morgan fingerprint density at radius 2 is 2.00 bits per heavy atom. The summed E-state index contributed by atoms with van der Waals surface area (Å²) in [6.07, 6.45) is 1.69. The van der Waals surface area contributed by atoms with Gasteiger partial charge < -0.3 is 19.3 Å². The van der Waals surface area contributed by atoms with Crippen LogP contribution in [-0.4, -0.2) is 49.0 Å². The van der Waals surface area contributed by atoms with Gasteiger partial charge in [-0.15, -0.1) is 0 Å². The Labute approximate surface area is 160 Å². The molecule has 5 heteroatoms. The first kappa shape index (κ1) is 18.1. The molecule has 2 aliphatic rings. The van der Waals surface area contributed by atoms with Crippen LogP contribution in [0.2, 0.25) is 0 Å². The van der Waals surface area contributed by atoms with Crippen molar-refractivity contribution >= 4 is 0 Å². The maximum Gasteiger partial charge on any atom is 0.161 e. The molecule has 4 rings (SSSR count). The van der Waals surface area contributed by atoms with Crippen molar-refractivity contribution in [3.05, 3.63) is 53.6 Å². The predicted octanol–water partition coefficient (Wildman–Crippen LogP) is 3.34. The lowest BCUT2D eigenvalue weighted by atomic mass is 10.0. The highest BCUT2D eigenvalue weighted by atomic mass is 16.6. The van der Waals surface area contributed by atoms with Crippen LogP contribution in [0.1, 0.15) is 30.0 Å². The van der Waals surface area contributed by atoms with Crippen LogP contribution in [0.3, 0.4) is 0 Å². The normalized spacial score (nSPS) is 20.4. The third kappa shape index (κ3) is 4.37. The van der Waals surface area contributed by atoms with E-state index in [1.54, 1.807) is 0 Å². The summed E-state index contributed by atoms with van der Waals surface area (Å²) in [5.74, 6) is 2.45. The Kier molecular flexibility index (Phi) is 5.50. The van der Waals surface area contributed by atoms with Gasteiger partial charge in [-0.2, -0.15) is 0 Å². The lowest BCUT2D eigenvalue weighted by Crippen LogP contribution is -2.35. The van der Waals surface area contributed by atoms with E-state index in [9.17, 15) is 5.11 Å². The van der Waals surface area contributed by atoms with Crippen LogP contribution in [-0.2, 0) is 0 Å². The third-order valence-corrected chi connectivity index (χ3v) is 5.19. The molecule has 0 saturated carbocycles. The van der Waals surface area contributed by atoms with Gasteiger partial charge in [0.1, 0.15) is 31.7 Å². The average Bonchev–Trinajstić information content (AvgIpc) is 3.14. The number of β-amino-alcohol motifs (C(OH)–C–C–N with tert-alkyl or cyclic N) is 1. The average molecular weight is 369 g/mol. The highest BCUT2D eigenvalue weighted by molar-refractivity contribution is 5.44. The summed E-state index contributed by atoms with van der Waals surface area (Å²) < 4.78 is 17.1. The molecular formula is C22H27NO4. The fraction of sp³-hybridized carbons (Fsp3) is 0.455. The van der Waals surface area contributed by atoms with Gasteiger partial charge in [-0.1, -0.05) is 18.2 Å². The number of rotatable bonds is 6. The fourth-order valence-corrected chi connectivity index (χ4v) is 3.91. The van der Waals surface area contributed by atoms with E-state index in [4.69, 9.17) is 14.2 Å². The van der Waals surface area contributed by atoms with Crippen molar-refractivity contribution < 1.29 is 19.3 Å². The van der Waals surface area contributed by atoms with Crippen LogP contribution < -0.4 is 14.2 Å². The minimum absolute atomic E-state index is 0.299. The summed E-state index contributed by atoms with van der Waals surface area (Å²) in [7, 11) is 0. The van der Waals surface area contributed by atoms with Crippen LogP contribution in [0, 0.1) is 6.92 Å². The first-order chi connectivity index (χ1) is 13.2. The molecule has 1 N–H and O–H groups in total. The molecule has 5 nitrogen and oxygen atoms in total. The Hall–Kier alpha value is -2.24. The minimum atomic E-state index is -0.525. The quantitative estimate of drug-likeness (QED) is 0.846. The largest absolute Gasteiger partial charge is 0.491 e. The van der Waals surface area contributed by atoms with Crippen molar-refractivity contribution in [3.8, 4) is 17.2 Å². The van der Waals surface area contributed by atoms with E-state index < -0.39 is 6.10 Å². The SMILES string of the molecule is Cc1cccc(OCC(O)CN2CCCC2c2ccc3c(c2)OCCO3)c1. The monoisotopic (exact) mass is 369 g/mol. The number of benzene rings is 2. The van der Waals surface area contributed by atoms with E-state index in [2.05, 4.69) is 17.0 Å². The van der Waals surface area contributed by atoms with Crippen LogP contribution in [0.4, 0.5) is 0 Å². The molecule has 0 spiro atoms. The molecule has 144 valence electrons. The summed E-state index contributed by atoms with van der Waals surface area (Å²) in [5.41, 5.74) is 2.38. The number of hydrogen-bond donors (Lipinski definition) is 1. The van der Waals surface area contributed by atoms with E-state index in [0.29, 0.717) is 32.4 Å². The zero-order valence-electron chi connectivity index (χ0n) is 15.8. The summed E-state index contributed by atoms with van der Waals surface area (Å²) in [6, 6.07) is 14.4. The Bertz CT molecular complexity index is 779. The number of aliphatic hydroxyl groups is 1. The van der Waals surface area contributed by atoms with Gasteiger partial charge in [0.05, 0.1) is 0 Å². The van der Waals surface area contributed by atoms with Gasteiger partial charge in [0, 0.05) is 12.6 Å². The number of likely N-dealkylation sites (tertiary alicyclic amines) is 1. The van der Waals surface area contributed by atoms with Gasteiger partial charge in [0.15, 0.2) is 11.5 Å². The lowest BCUT2D eigenvalue weighted by Gasteiger charge is -2.28. The molecule has 0 aliphatic carbocycles. The van der Waals surface area contributed by atoms with E-state index in [1.807, 2.05) is 37.3 Å². The number of fused-ring (bicyclic) bond motifs is 1. The molecule has 2 unspecified atom stereocenters. The summed E-state index contributed by atoms with van der Waals surface area (Å²) in [4.78, 5) is 2.34. The summed E-state index contributed by atoms with van der Waals surface area (Å²) in [6.45, 7) is 5.12. The first-order valence-corrected chi connectivity index (χ1v) is 9.70. The fourth-order valence-electron chi connectivity index (χ4n) is 3.91. The smallest absolute Gasteiger partial charge is 0.161 e. The molecule has 0 bridgehead atoms. The van der Waals surface area contributed by atoms with Crippen LogP contribution >= 0.6 is 0 Å².